The molecule has 2 fully saturated rings. The Labute approximate surface area is 172 Å². The van der Waals surface area contributed by atoms with Crippen molar-refractivity contribution in [1.82, 2.24) is 14.2 Å². The molecule has 0 radical (unpaired) electrons. The van der Waals surface area contributed by atoms with E-state index in [1.165, 1.54) is 15.1 Å². The Morgan fingerprint density at radius 3 is 2.67 bits per heavy atom. The SMILES string of the molecule is NC(=O)c1cc(F)c(CC2CC2)c(-c2ccn3c(=O)n(C4CCOCC4)nc3c2)c1. The molecule has 0 unspecified atom stereocenters. The van der Waals surface area contributed by atoms with Crippen molar-refractivity contribution in [3.05, 3.63) is 57.9 Å². The number of ether oxygens (including phenoxy) is 1. The minimum atomic E-state index is -0.672. The largest absolute Gasteiger partial charge is 0.381 e. The fraction of sp³-hybridized carbons (Fsp3) is 0.409. The third kappa shape index (κ3) is 3.41. The molecule has 0 bridgehead atoms. The lowest BCUT2D eigenvalue weighted by Gasteiger charge is -2.20. The number of benzene rings is 1. The summed E-state index contributed by atoms with van der Waals surface area (Å²) in [5.41, 5.74) is 7.77. The van der Waals surface area contributed by atoms with Gasteiger partial charge in [-0.15, -0.1) is 5.10 Å². The van der Waals surface area contributed by atoms with E-state index in [0.29, 0.717) is 47.9 Å². The molecule has 1 saturated heterocycles. The highest BCUT2D eigenvalue weighted by Gasteiger charge is 2.26. The fourth-order valence-corrected chi connectivity index (χ4v) is 4.18. The Hall–Kier alpha value is -3.00. The first kappa shape index (κ1) is 19.0. The van der Waals surface area contributed by atoms with Crippen LogP contribution in [0.25, 0.3) is 16.8 Å². The summed E-state index contributed by atoms with van der Waals surface area (Å²) in [4.78, 5) is 24.5. The monoisotopic (exact) mass is 410 g/mol. The van der Waals surface area contributed by atoms with Crippen molar-refractivity contribution < 1.29 is 13.9 Å². The van der Waals surface area contributed by atoms with Gasteiger partial charge in [-0.1, -0.05) is 0 Å². The molecule has 1 aliphatic carbocycles. The molecule has 1 amide bonds. The first-order chi connectivity index (χ1) is 14.5. The number of primary amides is 1. The molecule has 0 atom stereocenters. The van der Waals surface area contributed by atoms with E-state index in [2.05, 4.69) is 5.10 Å². The predicted molar refractivity (Wildman–Crippen MR) is 109 cm³/mol. The maximum absolute atomic E-state index is 14.9. The number of carbonyl (C=O) groups is 1. The van der Waals surface area contributed by atoms with E-state index < -0.39 is 11.7 Å². The van der Waals surface area contributed by atoms with Crippen molar-refractivity contribution in [2.45, 2.75) is 38.1 Å². The van der Waals surface area contributed by atoms with E-state index in [4.69, 9.17) is 10.5 Å². The van der Waals surface area contributed by atoms with E-state index in [-0.39, 0.29) is 17.3 Å². The van der Waals surface area contributed by atoms with Gasteiger partial charge >= 0.3 is 5.69 Å². The summed E-state index contributed by atoms with van der Waals surface area (Å²) in [6, 6.07) is 6.40. The maximum Gasteiger partial charge on any atom is 0.350 e. The summed E-state index contributed by atoms with van der Waals surface area (Å²) < 4.78 is 23.3. The van der Waals surface area contributed by atoms with Crippen LogP contribution < -0.4 is 11.4 Å². The molecule has 2 aromatic heterocycles. The minimum Gasteiger partial charge on any atom is -0.381 e. The lowest BCUT2D eigenvalue weighted by Crippen LogP contribution is -2.29. The Balaban J connectivity index is 1.62. The zero-order valence-corrected chi connectivity index (χ0v) is 16.5. The molecule has 2 aliphatic rings. The zero-order chi connectivity index (χ0) is 20.8. The molecule has 1 aliphatic heterocycles. The van der Waals surface area contributed by atoms with Crippen LogP contribution in [0.4, 0.5) is 4.39 Å². The van der Waals surface area contributed by atoms with E-state index in [1.54, 1.807) is 24.4 Å². The molecule has 156 valence electrons. The van der Waals surface area contributed by atoms with Gasteiger partial charge in [-0.2, -0.15) is 0 Å². The van der Waals surface area contributed by atoms with E-state index >= 15 is 0 Å². The average molecular weight is 410 g/mol. The van der Waals surface area contributed by atoms with E-state index in [1.807, 2.05) is 0 Å². The number of hydrogen-bond donors (Lipinski definition) is 1. The number of nitrogens with zero attached hydrogens (tertiary/aromatic N) is 3. The molecule has 3 aromatic rings. The van der Waals surface area contributed by atoms with Crippen LogP contribution in [-0.2, 0) is 11.2 Å². The van der Waals surface area contributed by atoms with Crippen LogP contribution in [0.5, 0.6) is 0 Å². The summed E-state index contributed by atoms with van der Waals surface area (Å²) in [7, 11) is 0. The number of rotatable bonds is 5. The highest BCUT2D eigenvalue weighted by atomic mass is 19.1. The van der Waals surface area contributed by atoms with E-state index in [0.717, 1.165) is 25.7 Å². The lowest BCUT2D eigenvalue weighted by atomic mass is 9.93. The molecule has 7 nitrogen and oxygen atoms in total. The van der Waals surface area contributed by atoms with Gasteiger partial charge in [0.1, 0.15) is 5.82 Å². The average Bonchev–Trinajstić information content (AvgIpc) is 3.51. The van der Waals surface area contributed by atoms with Crippen molar-refractivity contribution in [2.24, 2.45) is 11.7 Å². The highest BCUT2D eigenvalue weighted by molar-refractivity contribution is 5.94. The Morgan fingerprint density at radius 1 is 1.20 bits per heavy atom. The van der Waals surface area contributed by atoms with Crippen LogP contribution in [-0.4, -0.2) is 33.3 Å². The van der Waals surface area contributed by atoms with Crippen molar-refractivity contribution in [3.8, 4) is 11.1 Å². The third-order valence-electron chi connectivity index (χ3n) is 6.06. The van der Waals surface area contributed by atoms with Gasteiger partial charge in [0, 0.05) is 25.0 Å². The second-order valence-electron chi connectivity index (χ2n) is 8.21. The standard InChI is InChI=1S/C22H23FN4O3/c23-19-11-15(21(24)28)10-17(18(19)9-13-1-2-13)14-3-6-26-20(12-14)25-27(22(26)29)16-4-7-30-8-5-16/h3,6,10-13,16H,1-2,4-5,7-9H2,(H2,24,28). The predicted octanol–water partition coefficient (Wildman–Crippen LogP) is 2.71. The fourth-order valence-electron chi connectivity index (χ4n) is 4.18. The summed E-state index contributed by atoms with van der Waals surface area (Å²) in [5.74, 6) is -0.621. The smallest absolute Gasteiger partial charge is 0.350 e. The van der Waals surface area contributed by atoms with Crippen molar-refractivity contribution >= 4 is 11.6 Å². The molecule has 1 aromatic carbocycles. The minimum absolute atomic E-state index is 0.00987. The Bertz CT molecular complexity index is 1190. The summed E-state index contributed by atoms with van der Waals surface area (Å²) in [6.45, 7) is 1.22. The number of carbonyl (C=O) groups excluding carboxylic acids is 1. The number of amides is 1. The van der Waals surface area contributed by atoms with Gasteiger partial charge in [-0.05, 0) is 79.0 Å². The van der Waals surface area contributed by atoms with Crippen molar-refractivity contribution in [1.29, 1.82) is 0 Å². The Morgan fingerprint density at radius 2 is 1.97 bits per heavy atom. The second-order valence-corrected chi connectivity index (χ2v) is 8.21. The third-order valence-corrected chi connectivity index (χ3v) is 6.06. The first-order valence-electron chi connectivity index (χ1n) is 10.3. The number of nitrogens with two attached hydrogens (primary N) is 1. The number of fused-ring (bicyclic) bond motifs is 1. The van der Waals surface area contributed by atoms with Crippen LogP contribution in [0, 0.1) is 11.7 Å². The van der Waals surface area contributed by atoms with Crippen LogP contribution in [0.1, 0.15) is 47.6 Å². The highest BCUT2D eigenvalue weighted by Crippen LogP contribution is 2.37. The van der Waals surface area contributed by atoms with Gasteiger partial charge in [0.2, 0.25) is 5.91 Å². The molecular formula is C22H23FN4O3. The molecule has 2 N–H and O–H groups in total. The number of halogens is 1. The lowest BCUT2D eigenvalue weighted by molar-refractivity contribution is 0.0652. The molecule has 3 heterocycles. The van der Waals surface area contributed by atoms with Gasteiger partial charge in [0.05, 0.1) is 6.04 Å². The van der Waals surface area contributed by atoms with Gasteiger partial charge < -0.3 is 10.5 Å². The van der Waals surface area contributed by atoms with Crippen LogP contribution >= 0.6 is 0 Å². The summed E-state index contributed by atoms with van der Waals surface area (Å²) >= 11 is 0. The maximum atomic E-state index is 14.9. The molecule has 0 spiro atoms. The van der Waals surface area contributed by atoms with Crippen LogP contribution in [0.3, 0.4) is 0 Å². The van der Waals surface area contributed by atoms with Crippen molar-refractivity contribution in [2.75, 3.05) is 13.2 Å². The first-order valence-corrected chi connectivity index (χ1v) is 10.3. The molecule has 30 heavy (non-hydrogen) atoms. The molecule has 5 rings (SSSR count). The summed E-state index contributed by atoms with van der Waals surface area (Å²) in [6.07, 6.45) is 5.93. The summed E-state index contributed by atoms with van der Waals surface area (Å²) in [5, 5.41) is 4.53. The van der Waals surface area contributed by atoms with Crippen LogP contribution in [0.2, 0.25) is 0 Å². The second kappa shape index (κ2) is 7.36. The van der Waals surface area contributed by atoms with E-state index in [9.17, 15) is 14.0 Å². The number of aromatic nitrogens is 3. The quantitative estimate of drug-likeness (QED) is 0.700. The normalized spacial score (nSPS) is 17.5. The van der Waals surface area contributed by atoms with Crippen LogP contribution in [0.15, 0.2) is 35.3 Å². The topological polar surface area (TPSA) is 91.6 Å². The Kier molecular flexibility index (Phi) is 4.66. The zero-order valence-electron chi connectivity index (χ0n) is 16.5. The molecule has 8 heteroatoms. The van der Waals surface area contributed by atoms with Gasteiger partial charge in [-0.3, -0.25) is 9.20 Å². The number of hydrogen-bond acceptors (Lipinski definition) is 4. The van der Waals surface area contributed by atoms with Crippen molar-refractivity contribution in [3.63, 3.8) is 0 Å². The van der Waals surface area contributed by atoms with Gasteiger partial charge in [0.25, 0.3) is 0 Å². The molecular weight excluding hydrogens is 387 g/mol. The van der Waals surface area contributed by atoms with Gasteiger partial charge in [0.15, 0.2) is 5.65 Å². The van der Waals surface area contributed by atoms with Gasteiger partial charge in [-0.25, -0.2) is 13.9 Å². The molecule has 1 saturated carbocycles. The number of pyridine rings is 1.